The van der Waals surface area contributed by atoms with Crippen LogP contribution < -0.4 is 4.18 Å². The van der Waals surface area contributed by atoms with E-state index in [4.69, 9.17) is 11.2 Å². The Morgan fingerprint density at radius 1 is 1.59 bits per heavy atom. The van der Waals surface area contributed by atoms with Crippen molar-refractivity contribution in [2.45, 2.75) is 12.5 Å². The molecule has 7 nitrogen and oxygen atoms in total. The normalized spacial score (nSPS) is 17.7. The Bertz CT molecular complexity index is 695. The first kappa shape index (κ1) is 16.2. The molecule has 1 aliphatic heterocycles. The van der Waals surface area contributed by atoms with Crippen LogP contribution in [0.2, 0.25) is 0 Å². The van der Waals surface area contributed by atoms with Crippen LogP contribution in [0.25, 0.3) is 0 Å². The van der Waals surface area contributed by atoms with Crippen molar-refractivity contribution in [3.63, 3.8) is 0 Å². The summed E-state index contributed by atoms with van der Waals surface area (Å²) in [6, 6.07) is 0.921. The third-order valence-electron chi connectivity index (χ3n) is 3.02. The second-order valence-electron chi connectivity index (χ2n) is 4.54. The van der Waals surface area contributed by atoms with Gasteiger partial charge in [0.25, 0.3) is 5.91 Å². The minimum atomic E-state index is -5.18. The second kappa shape index (κ2) is 6.72. The van der Waals surface area contributed by atoms with Gasteiger partial charge in [-0.2, -0.15) is 8.42 Å². The van der Waals surface area contributed by atoms with Crippen LogP contribution in [-0.2, 0) is 15.2 Å². The summed E-state index contributed by atoms with van der Waals surface area (Å²) in [4.78, 5) is 17.6. The fourth-order valence-electron chi connectivity index (χ4n) is 2.10. The smallest absolute Gasteiger partial charge is 0.379 e. The van der Waals surface area contributed by atoms with Gasteiger partial charge in [0.2, 0.25) is 0 Å². The summed E-state index contributed by atoms with van der Waals surface area (Å²) in [5.41, 5.74) is 0.0447. The molecule has 9 heteroatoms. The first-order valence-corrected chi connectivity index (χ1v) is 7.63. The van der Waals surface area contributed by atoms with Crippen LogP contribution in [0, 0.1) is 12.3 Å². The maximum absolute atomic E-state index is 12.5. The van der Waals surface area contributed by atoms with Crippen molar-refractivity contribution in [2.24, 2.45) is 0 Å². The summed E-state index contributed by atoms with van der Waals surface area (Å²) in [5, 5.41) is 0. The Balaban J connectivity index is 2.23. The van der Waals surface area contributed by atoms with E-state index in [0.29, 0.717) is 19.6 Å². The van der Waals surface area contributed by atoms with Crippen molar-refractivity contribution in [3.05, 3.63) is 24.0 Å². The Morgan fingerprint density at radius 3 is 2.95 bits per heavy atom. The second-order valence-corrected chi connectivity index (χ2v) is 5.49. The predicted molar refractivity (Wildman–Crippen MR) is 74.0 cm³/mol. The molecule has 1 amide bonds. The van der Waals surface area contributed by atoms with E-state index in [2.05, 4.69) is 15.1 Å². The fraction of sp³-hybridized carbons (Fsp3) is 0.385. The van der Waals surface area contributed by atoms with Crippen molar-refractivity contribution < 1.29 is 26.0 Å². The lowest BCUT2D eigenvalue weighted by molar-refractivity contribution is 0.0684. The van der Waals surface area contributed by atoms with Crippen LogP contribution in [-0.4, -0.2) is 50.0 Å². The summed E-state index contributed by atoms with van der Waals surface area (Å²) in [7, 11) is -5.18. The number of nitrogens with zero attached hydrogens (tertiary/aromatic N) is 2. The van der Waals surface area contributed by atoms with Crippen LogP contribution in [0.15, 0.2) is 18.5 Å². The minimum Gasteiger partial charge on any atom is -0.379 e. The first-order valence-electron chi connectivity index (χ1n) is 6.32. The van der Waals surface area contributed by atoms with Gasteiger partial charge in [0.1, 0.15) is 0 Å². The standard InChI is InChI=1S/C13H13FN2O5S/c1-2-4-16(11-3-5-20-9-11)13(17)10-6-12(8-15-7-10)21-22(14,18)19/h1,6-8,11H,3-5,9H2. The molecule has 0 N–H and O–H groups in total. The largest absolute Gasteiger partial charge is 0.488 e. The average molecular weight is 328 g/mol. The molecule has 118 valence electrons. The van der Waals surface area contributed by atoms with E-state index in [9.17, 15) is 17.1 Å². The molecule has 0 spiro atoms. The number of carbonyl (C=O) groups excluding carboxylic acids is 1. The van der Waals surface area contributed by atoms with E-state index in [1.54, 1.807) is 0 Å². The highest BCUT2D eigenvalue weighted by Gasteiger charge is 2.28. The number of amides is 1. The molecule has 2 rings (SSSR count). The van der Waals surface area contributed by atoms with Gasteiger partial charge < -0.3 is 13.8 Å². The number of hydrogen-bond acceptors (Lipinski definition) is 6. The highest BCUT2D eigenvalue weighted by Crippen LogP contribution is 2.19. The number of carbonyl (C=O) groups is 1. The van der Waals surface area contributed by atoms with Crippen molar-refractivity contribution >= 4 is 16.4 Å². The van der Waals surface area contributed by atoms with Gasteiger partial charge in [0.15, 0.2) is 5.75 Å². The van der Waals surface area contributed by atoms with Gasteiger partial charge in [-0.15, -0.1) is 6.42 Å². The highest BCUT2D eigenvalue weighted by atomic mass is 32.3. The number of rotatable bonds is 5. The molecule has 0 radical (unpaired) electrons. The third-order valence-corrected chi connectivity index (χ3v) is 3.42. The fourth-order valence-corrected chi connectivity index (χ4v) is 2.42. The molecule has 2 heterocycles. The van der Waals surface area contributed by atoms with E-state index in [1.165, 1.54) is 11.1 Å². The molecule has 0 bridgehead atoms. The van der Waals surface area contributed by atoms with Crippen LogP contribution in [0.4, 0.5) is 3.89 Å². The Kier molecular flexibility index (Phi) is 4.95. The molecule has 1 fully saturated rings. The minimum absolute atomic E-state index is 0.0447. The maximum atomic E-state index is 12.5. The lowest BCUT2D eigenvalue weighted by Crippen LogP contribution is -2.41. The number of aromatic nitrogens is 1. The number of ether oxygens (including phenoxy) is 1. The van der Waals surface area contributed by atoms with E-state index in [1.807, 2.05) is 0 Å². The number of terminal acetylenes is 1. The zero-order valence-corrected chi connectivity index (χ0v) is 12.3. The summed E-state index contributed by atoms with van der Waals surface area (Å²) < 4.78 is 42.8. The Morgan fingerprint density at radius 2 is 2.36 bits per heavy atom. The predicted octanol–water partition coefficient (Wildman–Crippen LogP) is 0.539. The molecular weight excluding hydrogens is 315 g/mol. The molecular formula is C13H13FN2O5S. The van der Waals surface area contributed by atoms with Gasteiger partial charge in [0.05, 0.1) is 31.0 Å². The highest BCUT2D eigenvalue weighted by molar-refractivity contribution is 7.81. The molecule has 1 aliphatic rings. The molecule has 1 saturated heterocycles. The third kappa shape index (κ3) is 4.16. The summed E-state index contributed by atoms with van der Waals surface area (Å²) in [6.45, 7) is 0.968. The molecule has 1 unspecified atom stereocenters. The van der Waals surface area contributed by atoms with Gasteiger partial charge in [-0.3, -0.25) is 9.78 Å². The Labute approximate surface area is 127 Å². The molecule has 1 atom stereocenters. The molecule has 1 aromatic heterocycles. The summed E-state index contributed by atoms with van der Waals surface area (Å²) in [5.74, 6) is 1.54. The van der Waals surface area contributed by atoms with E-state index in [0.717, 1.165) is 12.3 Å². The number of hydrogen-bond donors (Lipinski definition) is 0. The van der Waals surface area contributed by atoms with Crippen molar-refractivity contribution in [2.75, 3.05) is 19.8 Å². The van der Waals surface area contributed by atoms with Crippen LogP contribution in [0.3, 0.4) is 0 Å². The van der Waals surface area contributed by atoms with E-state index in [-0.39, 0.29) is 18.2 Å². The molecule has 0 aliphatic carbocycles. The lowest BCUT2D eigenvalue weighted by Gasteiger charge is -2.26. The van der Waals surface area contributed by atoms with E-state index >= 15 is 0 Å². The first-order chi connectivity index (χ1) is 10.4. The van der Waals surface area contributed by atoms with Gasteiger partial charge in [-0.1, -0.05) is 9.81 Å². The molecule has 22 heavy (non-hydrogen) atoms. The lowest BCUT2D eigenvalue weighted by atomic mass is 10.1. The van der Waals surface area contributed by atoms with Crippen molar-refractivity contribution in [1.82, 2.24) is 9.88 Å². The summed E-state index contributed by atoms with van der Waals surface area (Å²) >= 11 is 0. The van der Waals surface area contributed by atoms with Crippen LogP contribution >= 0.6 is 0 Å². The zero-order chi connectivity index (χ0) is 16.2. The van der Waals surface area contributed by atoms with Gasteiger partial charge in [-0.25, -0.2) is 0 Å². The van der Waals surface area contributed by atoms with Gasteiger partial charge in [0, 0.05) is 12.8 Å². The maximum Gasteiger partial charge on any atom is 0.488 e. The van der Waals surface area contributed by atoms with Crippen molar-refractivity contribution in [1.29, 1.82) is 0 Å². The SMILES string of the molecule is C#CCN(C(=O)c1cncc(OS(=O)(=O)F)c1)C1CCOC1. The topological polar surface area (TPSA) is 85.8 Å². The van der Waals surface area contributed by atoms with Crippen molar-refractivity contribution in [3.8, 4) is 18.1 Å². The van der Waals surface area contributed by atoms with E-state index < -0.39 is 22.2 Å². The molecule has 0 saturated carbocycles. The molecule has 0 aromatic carbocycles. The van der Waals surface area contributed by atoms with Crippen LogP contribution in [0.1, 0.15) is 16.8 Å². The quantitative estimate of drug-likeness (QED) is 0.579. The summed E-state index contributed by atoms with van der Waals surface area (Å²) in [6.07, 6.45) is 8.13. The number of pyridine rings is 1. The van der Waals surface area contributed by atoms with Gasteiger partial charge >= 0.3 is 10.5 Å². The number of halogens is 1. The van der Waals surface area contributed by atoms with Gasteiger partial charge in [-0.05, 0) is 12.5 Å². The zero-order valence-electron chi connectivity index (χ0n) is 11.4. The van der Waals surface area contributed by atoms with Crippen LogP contribution in [0.5, 0.6) is 5.75 Å². The molecule has 1 aromatic rings. The Hall–Kier alpha value is -2.18. The average Bonchev–Trinajstić information content (AvgIpc) is 2.96. The monoisotopic (exact) mass is 328 g/mol.